The van der Waals surface area contributed by atoms with Crippen molar-refractivity contribution in [1.82, 2.24) is 14.9 Å². The number of benzene rings is 1. The summed E-state index contributed by atoms with van der Waals surface area (Å²) in [5.41, 5.74) is 6.82. The van der Waals surface area contributed by atoms with Gasteiger partial charge in [0, 0.05) is 12.6 Å². The van der Waals surface area contributed by atoms with Crippen LogP contribution in [-0.2, 0) is 11.3 Å². The van der Waals surface area contributed by atoms with Crippen molar-refractivity contribution < 1.29 is 4.79 Å². The number of nitrogens with two attached hydrogens (primary N) is 1. The Morgan fingerprint density at radius 2 is 2.08 bits per heavy atom. The highest BCUT2D eigenvalue weighted by Crippen LogP contribution is 2.48. The molecule has 3 N–H and O–H groups in total. The number of amides is 1. The molecule has 132 valence electrons. The van der Waals surface area contributed by atoms with Crippen LogP contribution in [0, 0.1) is 17.8 Å². The minimum absolute atomic E-state index is 0.0242. The zero-order chi connectivity index (χ0) is 17.6. The Bertz CT molecular complexity index is 860. The average Bonchev–Trinajstić information content (AvgIpc) is 3.20. The molecule has 25 heavy (non-hydrogen) atoms. The summed E-state index contributed by atoms with van der Waals surface area (Å²) in [6, 6.07) is 7.22. The Balaban J connectivity index is 1.58. The van der Waals surface area contributed by atoms with Crippen LogP contribution in [0.3, 0.4) is 0 Å². The van der Waals surface area contributed by atoms with Crippen LogP contribution in [0.5, 0.6) is 0 Å². The van der Waals surface area contributed by atoms with Crippen LogP contribution in [0.25, 0.3) is 10.9 Å². The molecule has 1 amide bonds. The van der Waals surface area contributed by atoms with E-state index in [1.165, 1.54) is 0 Å². The molecule has 4 unspecified atom stereocenters. The lowest BCUT2D eigenvalue weighted by Crippen LogP contribution is -2.47. The molecule has 2 fully saturated rings. The summed E-state index contributed by atoms with van der Waals surface area (Å²) < 4.78 is 0. The molecule has 2 bridgehead atoms. The van der Waals surface area contributed by atoms with Crippen molar-refractivity contribution in [2.75, 3.05) is 6.54 Å². The molecule has 0 spiro atoms. The monoisotopic (exact) mass is 340 g/mol. The van der Waals surface area contributed by atoms with Gasteiger partial charge in [-0.1, -0.05) is 12.1 Å². The van der Waals surface area contributed by atoms with E-state index in [4.69, 9.17) is 5.73 Å². The number of rotatable bonds is 4. The van der Waals surface area contributed by atoms with Gasteiger partial charge in [0.2, 0.25) is 5.91 Å². The van der Waals surface area contributed by atoms with E-state index in [-0.39, 0.29) is 23.4 Å². The van der Waals surface area contributed by atoms with E-state index >= 15 is 0 Å². The van der Waals surface area contributed by atoms with Gasteiger partial charge in [-0.25, -0.2) is 4.98 Å². The first-order valence-electron chi connectivity index (χ1n) is 9.10. The molecule has 6 nitrogen and oxygen atoms in total. The normalized spacial score (nSPS) is 27.8. The molecule has 2 aliphatic rings. The summed E-state index contributed by atoms with van der Waals surface area (Å²) in [6.07, 6.45) is 3.35. The SMILES string of the molecule is CCN(Cc1nc2ccccc2c(=O)[nH]1)C(=O)C1C2CCC(C2)C1N. The second kappa shape index (κ2) is 6.26. The summed E-state index contributed by atoms with van der Waals surface area (Å²) >= 11 is 0. The van der Waals surface area contributed by atoms with Crippen molar-refractivity contribution in [3.8, 4) is 0 Å². The van der Waals surface area contributed by atoms with Gasteiger partial charge >= 0.3 is 0 Å². The molecular weight excluding hydrogens is 316 g/mol. The number of hydrogen-bond donors (Lipinski definition) is 2. The smallest absolute Gasteiger partial charge is 0.258 e. The van der Waals surface area contributed by atoms with Crippen molar-refractivity contribution in [2.24, 2.45) is 23.5 Å². The van der Waals surface area contributed by atoms with Gasteiger partial charge in [-0.3, -0.25) is 9.59 Å². The van der Waals surface area contributed by atoms with Crippen molar-refractivity contribution in [3.05, 3.63) is 40.4 Å². The predicted molar refractivity (Wildman–Crippen MR) is 95.8 cm³/mol. The molecule has 1 heterocycles. The first-order chi connectivity index (χ1) is 12.1. The predicted octanol–water partition coefficient (Wildman–Crippen LogP) is 1.65. The highest BCUT2D eigenvalue weighted by atomic mass is 16.2. The van der Waals surface area contributed by atoms with E-state index in [9.17, 15) is 9.59 Å². The Morgan fingerprint density at radius 1 is 1.32 bits per heavy atom. The Morgan fingerprint density at radius 3 is 2.80 bits per heavy atom. The minimum atomic E-state index is -0.166. The number of fused-ring (bicyclic) bond motifs is 3. The number of nitrogens with zero attached hydrogens (tertiary/aromatic N) is 2. The van der Waals surface area contributed by atoms with E-state index < -0.39 is 0 Å². The van der Waals surface area contributed by atoms with Gasteiger partial charge < -0.3 is 15.6 Å². The van der Waals surface area contributed by atoms with Crippen LogP contribution in [-0.4, -0.2) is 33.4 Å². The van der Waals surface area contributed by atoms with Crippen LogP contribution in [0.2, 0.25) is 0 Å². The van der Waals surface area contributed by atoms with Crippen molar-refractivity contribution in [3.63, 3.8) is 0 Å². The van der Waals surface area contributed by atoms with E-state index in [0.29, 0.717) is 41.7 Å². The van der Waals surface area contributed by atoms with Gasteiger partial charge in [0.15, 0.2) is 0 Å². The number of hydrogen-bond acceptors (Lipinski definition) is 4. The maximum absolute atomic E-state index is 13.1. The number of carbonyl (C=O) groups excluding carboxylic acids is 1. The lowest BCUT2D eigenvalue weighted by Gasteiger charge is -2.32. The van der Waals surface area contributed by atoms with Crippen LogP contribution >= 0.6 is 0 Å². The van der Waals surface area contributed by atoms with Gasteiger partial charge in [-0.05, 0) is 50.2 Å². The number of aromatic amines is 1. The standard InChI is InChI=1S/C19H24N4O2/c1-2-23(19(25)16-11-7-8-12(9-11)17(16)20)10-15-21-14-6-4-3-5-13(14)18(24)22-15/h3-6,11-12,16-17H,2,7-10,20H2,1H3,(H,21,22,24). The second-order valence-corrected chi connectivity index (χ2v) is 7.32. The molecule has 4 atom stereocenters. The zero-order valence-corrected chi connectivity index (χ0v) is 14.4. The first-order valence-corrected chi connectivity index (χ1v) is 9.10. The number of H-pyrrole nitrogens is 1. The summed E-state index contributed by atoms with van der Waals surface area (Å²) in [4.78, 5) is 34.4. The quantitative estimate of drug-likeness (QED) is 0.885. The van der Waals surface area contributed by atoms with Gasteiger partial charge in [0.1, 0.15) is 5.82 Å². The number of para-hydroxylation sites is 1. The van der Waals surface area contributed by atoms with Crippen molar-refractivity contribution in [1.29, 1.82) is 0 Å². The lowest BCUT2D eigenvalue weighted by molar-refractivity contribution is -0.138. The topological polar surface area (TPSA) is 92.1 Å². The van der Waals surface area contributed by atoms with Gasteiger partial charge in [0.25, 0.3) is 5.56 Å². The zero-order valence-electron chi connectivity index (χ0n) is 14.4. The van der Waals surface area contributed by atoms with Crippen LogP contribution in [0.4, 0.5) is 0 Å². The van der Waals surface area contributed by atoms with Crippen LogP contribution in [0.1, 0.15) is 32.0 Å². The number of nitrogens with one attached hydrogen (secondary N) is 1. The molecule has 2 aliphatic carbocycles. The van der Waals surface area contributed by atoms with Gasteiger partial charge in [-0.15, -0.1) is 0 Å². The second-order valence-electron chi connectivity index (χ2n) is 7.32. The maximum atomic E-state index is 13.1. The third kappa shape index (κ3) is 2.74. The van der Waals surface area contributed by atoms with Crippen LogP contribution < -0.4 is 11.3 Å². The third-order valence-corrected chi connectivity index (χ3v) is 5.96. The number of carbonyl (C=O) groups is 1. The van der Waals surface area contributed by atoms with E-state index in [1.54, 1.807) is 11.0 Å². The molecule has 4 rings (SSSR count). The number of aromatic nitrogens is 2. The molecule has 1 aromatic heterocycles. The summed E-state index contributed by atoms with van der Waals surface area (Å²) in [6.45, 7) is 2.85. The summed E-state index contributed by atoms with van der Waals surface area (Å²) in [7, 11) is 0. The fourth-order valence-electron chi connectivity index (χ4n) is 4.65. The fourth-order valence-corrected chi connectivity index (χ4v) is 4.65. The van der Waals surface area contributed by atoms with Gasteiger partial charge in [0.05, 0.1) is 23.4 Å². The van der Waals surface area contributed by atoms with Crippen molar-refractivity contribution >= 4 is 16.8 Å². The Hall–Kier alpha value is -2.21. The Labute approximate surface area is 146 Å². The van der Waals surface area contributed by atoms with Crippen LogP contribution in [0.15, 0.2) is 29.1 Å². The maximum Gasteiger partial charge on any atom is 0.258 e. The molecule has 0 aliphatic heterocycles. The molecule has 0 saturated heterocycles. The molecule has 2 saturated carbocycles. The average molecular weight is 340 g/mol. The highest BCUT2D eigenvalue weighted by Gasteiger charge is 2.50. The largest absolute Gasteiger partial charge is 0.335 e. The minimum Gasteiger partial charge on any atom is -0.335 e. The summed E-state index contributed by atoms with van der Waals surface area (Å²) in [5, 5.41) is 0.566. The van der Waals surface area contributed by atoms with E-state index in [1.807, 2.05) is 25.1 Å². The fraction of sp³-hybridized carbons (Fsp3) is 0.526. The molecule has 1 aromatic carbocycles. The van der Waals surface area contributed by atoms with E-state index in [0.717, 1.165) is 19.3 Å². The molecule has 6 heteroatoms. The molecular formula is C19H24N4O2. The van der Waals surface area contributed by atoms with Gasteiger partial charge in [-0.2, -0.15) is 0 Å². The summed E-state index contributed by atoms with van der Waals surface area (Å²) in [5.74, 6) is 1.47. The molecule has 2 aromatic rings. The van der Waals surface area contributed by atoms with Crippen molar-refractivity contribution in [2.45, 2.75) is 38.8 Å². The third-order valence-electron chi connectivity index (χ3n) is 5.96. The first kappa shape index (κ1) is 16.3. The highest BCUT2D eigenvalue weighted by molar-refractivity contribution is 5.81. The lowest BCUT2D eigenvalue weighted by atomic mass is 9.84. The molecule has 0 radical (unpaired) electrons. The van der Waals surface area contributed by atoms with E-state index in [2.05, 4.69) is 9.97 Å². The Kier molecular flexibility index (Phi) is 4.07.